The molecule has 3 rings (SSSR count). The molecule has 2 aromatic rings. The molecule has 3 heteroatoms. The molecule has 0 aliphatic heterocycles. The Bertz CT molecular complexity index is 618. The third kappa shape index (κ3) is 3.95. The largest absolute Gasteiger partial charge is 0.352 e. The maximum Gasteiger partial charge on any atom is 0.241 e. The topological polar surface area (TPSA) is 41.1 Å². The van der Waals surface area contributed by atoms with Crippen LogP contribution in [0.25, 0.3) is 0 Å². The fourth-order valence-corrected chi connectivity index (χ4v) is 2.45. The summed E-state index contributed by atoms with van der Waals surface area (Å²) in [7, 11) is 0. The van der Waals surface area contributed by atoms with E-state index in [1.807, 2.05) is 30.3 Å². The first-order chi connectivity index (χ1) is 10.7. The first-order valence-electron chi connectivity index (χ1n) is 7.86. The summed E-state index contributed by atoms with van der Waals surface area (Å²) in [6.07, 6.45) is 2.20. The minimum Gasteiger partial charge on any atom is -0.352 e. The van der Waals surface area contributed by atoms with Gasteiger partial charge in [0, 0.05) is 12.6 Å². The fourth-order valence-electron chi connectivity index (χ4n) is 2.45. The molecule has 22 heavy (non-hydrogen) atoms. The van der Waals surface area contributed by atoms with Gasteiger partial charge in [-0.05, 0) is 30.9 Å². The van der Waals surface area contributed by atoms with Crippen LogP contribution in [-0.2, 0) is 11.3 Å². The van der Waals surface area contributed by atoms with Crippen LogP contribution in [-0.4, -0.2) is 11.9 Å². The van der Waals surface area contributed by atoms with Crippen molar-refractivity contribution in [3.05, 3.63) is 71.3 Å². The molecule has 0 heterocycles. The van der Waals surface area contributed by atoms with Crippen LogP contribution in [0.3, 0.4) is 0 Å². The van der Waals surface area contributed by atoms with Crippen molar-refractivity contribution in [2.75, 3.05) is 0 Å². The van der Waals surface area contributed by atoms with Gasteiger partial charge in [0.25, 0.3) is 0 Å². The van der Waals surface area contributed by atoms with Crippen LogP contribution in [0.4, 0.5) is 0 Å². The van der Waals surface area contributed by atoms with Gasteiger partial charge in [-0.3, -0.25) is 10.1 Å². The van der Waals surface area contributed by atoms with E-state index in [-0.39, 0.29) is 11.9 Å². The van der Waals surface area contributed by atoms with Crippen molar-refractivity contribution in [3.8, 4) is 0 Å². The highest BCUT2D eigenvalue weighted by molar-refractivity contribution is 5.83. The van der Waals surface area contributed by atoms with Crippen LogP contribution in [0.2, 0.25) is 0 Å². The molecule has 1 atom stereocenters. The van der Waals surface area contributed by atoms with Crippen molar-refractivity contribution >= 4 is 5.91 Å². The van der Waals surface area contributed by atoms with E-state index in [0.717, 1.165) is 18.4 Å². The lowest BCUT2D eigenvalue weighted by Crippen LogP contribution is -2.38. The molecule has 0 unspecified atom stereocenters. The molecular formula is C19H22N2O. The van der Waals surface area contributed by atoms with Crippen molar-refractivity contribution in [1.29, 1.82) is 0 Å². The molecule has 3 nitrogen and oxygen atoms in total. The van der Waals surface area contributed by atoms with Crippen molar-refractivity contribution in [3.63, 3.8) is 0 Å². The predicted molar refractivity (Wildman–Crippen MR) is 88.4 cm³/mol. The highest BCUT2D eigenvalue weighted by Crippen LogP contribution is 2.21. The van der Waals surface area contributed by atoms with E-state index in [2.05, 4.69) is 41.8 Å². The van der Waals surface area contributed by atoms with Gasteiger partial charge in [0.05, 0.1) is 0 Å². The molecule has 1 amide bonds. The quantitative estimate of drug-likeness (QED) is 0.859. The van der Waals surface area contributed by atoms with E-state index in [0.29, 0.717) is 12.6 Å². The Morgan fingerprint density at radius 3 is 2.41 bits per heavy atom. The predicted octanol–water partition coefficient (Wildman–Crippen LogP) is 3.10. The lowest BCUT2D eigenvalue weighted by Gasteiger charge is -2.19. The molecule has 1 fully saturated rings. The Balaban J connectivity index is 1.70. The van der Waals surface area contributed by atoms with Gasteiger partial charge in [-0.15, -0.1) is 0 Å². The summed E-state index contributed by atoms with van der Waals surface area (Å²) in [6, 6.07) is 18.4. The number of carbonyl (C=O) groups is 1. The van der Waals surface area contributed by atoms with Crippen LogP contribution in [0, 0.1) is 6.92 Å². The van der Waals surface area contributed by atoms with Crippen LogP contribution in [0.5, 0.6) is 0 Å². The van der Waals surface area contributed by atoms with Crippen LogP contribution >= 0.6 is 0 Å². The van der Waals surface area contributed by atoms with E-state index in [9.17, 15) is 4.79 Å². The van der Waals surface area contributed by atoms with E-state index in [4.69, 9.17) is 0 Å². The molecule has 1 aliphatic rings. The smallest absolute Gasteiger partial charge is 0.241 e. The number of aryl methyl sites for hydroxylation is 1. The summed E-state index contributed by atoms with van der Waals surface area (Å²) < 4.78 is 0. The van der Waals surface area contributed by atoms with Crippen molar-refractivity contribution in [2.45, 2.75) is 38.4 Å². The molecular weight excluding hydrogens is 272 g/mol. The zero-order valence-corrected chi connectivity index (χ0v) is 12.9. The summed E-state index contributed by atoms with van der Waals surface area (Å²) >= 11 is 0. The number of hydrogen-bond acceptors (Lipinski definition) is 2. The normalized spacial score (nSPS) is 15.3. The van der Waals surface area contributed by atoms with E-state index in [1.54, 1.807) is 0 Å². The highest BCUT2D eigenvalue weighted by atomic mass is 16.2. The van der Waals surface area contributed by atoms with E-state index < -0.39 is 0 Å². The Morgan fingerprint density at radius 2 is 1.77 bits per heavy atom. The average Bonchev–Trinajstić information content (AvgIpc) is 3.34. The average molecular weight is 294 g/mol. The second-order valence-corrected chi connectivity index (χ2v) is 5.99. The van der Waals surface area contributed by atoms with E-state index in [1.165, 1.54) is 11.1 Å². The maximum atomic E-state index is 12.5. The lowest BCUT2D eigenvalue weighted by molar-refractivity contribution is -0.123. The van der Waals surface area contributed by atoms with Crippen molar-refractivity contribution < 1.29 is 4.79 Å². The van der Waals surface area contributed by atoms with E-state index >= 15 is 0 Å². The van der Waals surface area contributed by atoms with Crippen LogP contribution in [0.1, 0.15) is 35.6 Å². The molecule has 0 bridgehead atoms. The Labute approximate surface area is 131 Å². The van der Waals surface area contributed by atoms with Crippen molar-refractivity contribution in [1.82, 2.24) is 10.6 Å². The Kier molecular flexibility index (Phi) is 4.54. The zero-order valence-electron chi connectivity index (χ0n) is 12.9. The molecule has 1 aliphatic carbocycles. The van der Waals surface area contributed by atoms with Gasteiger partial charge in [-0.25, -0.2) is 0 Å². The highest BCUT2D eigenvalue weighted by Gasteiger charge is 2.28. The first-order valence-corrected chi connectivity index (χ1v) is 7.86. The molecule has 0 spiro atoms. The third-order valence-electron chi connectivity index (χ3n) is 3.95. The molecule has 2 N–H and O–H groups in total. The summed E-state index contributed by atoms with van der Waals surface area (Å²) in [5.74, 6) is 0.0702. The molecule has 0 radical (unpaired) electrons. The van der Waals surface area contributed by atoms with Crippen LogP contribution < -0.4 is 10.6 Å². The number of benzene rings is 2. The number of carbonyl (C=O) groups excluding carboxylic acids is 1. The van der Waals surface area contributed by atoms with Gasteiger partial charge < -0.3 is 5.32 Å². The Morgan fingerprint density at radius 1 is 1.09 bits per heavy atom. The Hall–Kier alpha value is -2.13. The third-order valence-corrected chi connectivity index (χ3v) is 3.95. The fraction of sp³-hybridized carbons (Fsp3) is 0.316. The second kappa shape index (κ2) is 6.75. The summed E-state index contributed by atoms with van der Waals surface area (Å²) in [6.45, 7) is 2.75. The lowest BCUT2D eigenvalue weighted by atomic mass is 10.1. The van der Waals surface area contributed by atoms with Crippen molar-refractivity contribution in [2.24, 2.45) is 0 Å². The standard InChI is InChI=1S/C19H22N2O/c1-14-7-9-15(10-8-14)13-20-18(16-5-3-2-4-6-16)19(22)21-17-11-12-17/h2-10,17-18,20H,11-13H2,1H3,(H,21,22)/t18-/m0/s1. The monoisotopic (exact) mass is 294 g/mol. The molecule has 0 saturated heterocycles. The number of nitrogens with one attached hydrogen (secondary N) is 2. The summed E-state index contributed by atoms with van der Waals surface area (Å²) in [5, 5.41) is 6.49. The number of rotatable bonds is 6. The minimum absolute atomic E-state index is 0.0702. The summed E-state index contributed by atoms with van der Waals surface area (Å²) in [5.41, 5.74) is 3.44. The number of amides is 1. The molecule has 1 saturated carbocycles. The van der Waals surface area contributed by atoms with Crippen LogP contribution in [0.15, 0.2) is 54.6 Å². The van der Waals surface area contributed by atoms with Gasteiger partial charge >= 0.3 is 0 Å². The summed E-state index contributed by atoms with van der Waals surface area (Å²) in [4.78, 5) is 12.5. The van der Waals surface area contributed by atoms with Gasteiger partial charge in [0.15, 0.2) is 0 Å². The van der Waals surface area contributed by atoms with Gasteiger partial charge in [0.1, 0.15) is 6.04 Å². The SMILES string of the molecule is Cc1ccc(CN[C@H](C(=O)NC2CC2)c2ccccc2)cc1. The number of hydrogen-bond donors (Lipinski definition) is 2. The second-order valence-electron chi connectivity index (χ2n) is 5.99. The van der Waals surface area contributed by atoms with Gasteiger partial charge in [-0.1, -0.05) is 60.2 Å². The molecule has 2 aromatic carbocycles. The molecule has 114 valence electrons. The first kappa shape index (κ1) is 14.8. The zero-order chi connectivity index (χ0) is 15.4. The minimum atomic E-state index is -0.303. The van der Waals surface area contributed by atoms with Gasteiger partial charge in [0.2, 0.25) is 5.91 Å². The van der Waals surface area contributed by atoms with Gasteiger partial charge in [-0.2, -0.15) is 0 Å². The molecule has 0 aromatic heterocycles. The maximum absolute atomic E-state index is 12.5.